The predicted octanol–water partition coefficient (Wildman–Crippen LogP) is 2.34. The van der Waals surface area contributed by atoms with Gasteiger partial charge in [-0.25, -0.2) is 0 Å². The van der Waals surface area contributed by atoms with E-state index in [1.54, 1.807) is 12.3 Å². The van der Waals surface area contributed by atoms with Gasteiger partial charge in [0.15, 0.2) is 5.11 Å². The zero-order chi connectivity index (χ0) is 12.3. The zero-order valence-electron chi connectivity index (χ0n) is 9.47. The van der Waals surface area contributed by atoms with E-state index in [0.29, 0.717) is 11.7 Å². The lowest BCUT2D eigenvalue weighted by Crippen LogP contribution is -2.31. The van der Waals surface area contributed by atoms with Crippen LogP contribution in [0.3, 0.4) is 0 Å². The van der Waals surface area contributed by atoms with Gasteiger partial charge in [0, 0.05) is 12.8 Å². The highest BCUT2D eigenvalue weighted by Crippen LogP contribution is 1.99. The van der Waals surface area contributed by atoms with Crippen molar-refractivity contribution in [3.8, 4) is 0 Å². The summed E-state index contributed by atoms with van der Waals surface area (Å²) in [5, 5.41) is 7.33. The van der Waals surface area contributed by atoms with Crippen LogP contribution in [0.5, 0.6) is 0 Å². The van der Waals surface area contributed by atoms with Crippen LogP contribution < -0.4 is 10.7 Å². The van der Waals surface area contributed by atoms with E-state index in [2.05, 4.69) is 22.4 Å². The minimum Gasteiger partial charge on any atom is -0.358 e. The third kappa shape index (κ3) is 6.27. The zero-order valence-corrected chi connectivity index (χ0v) is 10.3. The van der Waals surface area contributed by atoms with E-state index in [-0.39, 0.29) is 0 Å². The molecule has 1 rings (SSSR count). The first kappa shape index (κ1) is 13.1. The molecule has 17 heavy (non-hydrogen) atoms. The Morgan fingerprint density at radius 3 is 2.82 bits per heavy atom. The van der Waals surface area contributed by atoms with Crippen LogP contribution in [0, 0.1) is 0 Å². The molecule has 3 nitrogen and oxygen atoms in total. The number of rotatable bonds is 5. The van der Waals surface area contributed by atoms with E-state index in [0.717, 1.165) is 5.56 Å². The fourth-order valence-electron chi connectivity index (χ4n) is 1.06. The molecule has 0 spiro atoms. The number of thiocarbonyl (C=S) groups is 1. The molecular weight excluding hydrogens is 230 g/mol. The topological polar surface area (TPSA) is 36.4 Å². The second-order valence-corrected chi connectivity index (χ2v) is 3.57. The van der Waals surface area contributed by atoms with E-state index in [4.69, 9.17) is 12.2 Å². The molecule has 0 saturated carbocycles. The monoisotopic (exact) mass is 245 g/mol. The summed E-state index contributed by atoms with van der Waals surface area (Å²) in [5.74, 6) is 0. The normalized spacial score (nSPS) is 10.6. The van der Waals surface area contributed by atoms with Crippen molar-refractivity contribution in [1.29, 1.82) is 0 Å². The van der Waals surface area contributed by atoms with Crippen molar-refractivity contribution in [3.05, 3.63) is 54.6 Å². The highest BCUT2D eigenvalue weighted by molar-refractivity contribution is 7.80. The fourth-order valence-corrected chi connectivity index (χ4v) is 1.20. The number of allylic oxidation sites excluding steroid dienone is 1. The van der Waals surface area contributed by atoms with Gasteiger partial charge in [-0.05, 0) is 23.9 Å². The van der Waals surface area contributed by atoms with Gasteiger partial charge in [0.05, 0.1) is 0 Å². The number of nitrogens with one attached hydrogen (secondary N) is 2. The first-order valence-electron chi connectivity index (χ1n) is 5.22. The minimum atomic E-state index is 0.481. The van der Waals surface area contributed by atoms with Gasteiger partial charge >= 0.3 is 0 Å². The van der Waals surface area contributed by atoms with Gasteiger partial charge in [0.25, 0.3) is 0 Å². The second kappa shape index (κ2) is 8.24. The van der Waals surface area contributed by atoms with Crippen LogP contribution in [0.4, 0.5) is 0 Å². The molecule has 88 valence electrons. The van der Waals surface area contributed by atoms with Crippen LogP contribution in [0.1, 0.15) is 5.56 Å². The Morgan fingerprint density at radius 1 is 1.35 bits per heavy atom. The molecular formula is C13H15N3S. The van der Waals surface area contributed by atoms with Gasteiger partial charge < -0.3 is 5.32 Å². The Kier molecular flexibility index (Phi) is 6.36. The SMILES string of the molecule is C=CCNC(=S)NN=CC=Cc1ccccc1. The van der Waals surface area contributed by atoms with Gasteiger partial charge in [-0.15, -0.1) is 6.58 Å². The average Bonchev–Trinajstić information content (AvgIpc) is 2.37. The fraction of sp³-hybridized carbons (Fsp3) is 0.0769. The first-order valence-corrected chi connectivity index (χ1v) is 5.63. The molecule has 0 atom stereocenters. The molecule has 0 bridgehead atoms. The van der Waals surface area contributed by atoms with Crippen molar-refractivity contribution in [2.75, 3.05) is 6.54 Å². The molecule has 0 amide bonds. The standard InChI is InChI=1S/C13H15N3S/c1-2-10-14-13(17)16-15-11-6-9-12-7-4-3-5-8-12/h2-9,11H,1,10H2,(H2,14,16,17). The molecule has 0 fully saturated rings. The Labute approximate surface area is 107 Å². The average molecular weight is 245 g/mol. The molecule has 0 heterocycles. The Hall–Kier alpha value is -1.94. The number of hydrazone groups is 1. The number of nitrogens with zero attached hydrogens (tertiary/aromatic N) is 1. The summed E-state index contributed by atoms with van der Waals surface area (Å²) in [6.07, 6.45) is 7.19. The smallest absolute Gasteiger partial charge is 0.187 e. The molecule has 0 aliphatic carbocycles. The van der Waals surface area contributed by atoms with Crippen LogP contribution in [0.25, 0.3) is 6.08 Å². The maximum atomic E-state index is 4.95. The highest BCUT2D eigenvalue weighted by atomic mass is 32.1. The van der Waals surface area contributed by atoms with Crippen LogP contribution >= 0.6 is 12.2 Å². The number of hydrogen-bond donors (Lipinski definition) is 2. The van der Waals surface area contributed by atoms with Crippen LogP contribution in [-0.2, 0) is 0 Å². The summed E-state index contributed by atoms with van der Waals surface area (Å²) < 4.78 is 0. The van der Waals surface area contributed by atoms with Crippen LogP contribution in [0.15, 0.2) is 54.2 Å². The maximum Gasteiger partial charge on any atom is 0.187 e. The van der Waals surface area contributed by atoms with E-state index in [9.17, 15) is 0 Å². The molecule has 0 aliphatic heterocycles. The van der Waals surface area contributed by atoms with Crippen molar-refractivity contribution in [1.82, 2.24) is 10.7 Å². The molecule has 2 N–H and O–H groups in total. The number of hydrogen-bond acceptors (Lipinski definition) is 2. The molecule has 1 aromatic carbocycles. The summed E-state index contributed by atoms with van der Waals surface area (Å²) in [5.41, 5.74) is 3.83. The van der Waals surface area contributed by atoms with Gasteiger partial charge in [0.1, 0.15) is 0 Å². The van der Waals surface area contributed by atoms with Crippen molar-refractivity contribution >= 4 is 29.6 Å². The summed E-state index contributed by atoms with van der Waals surface area (Å²) in [4.78, 5) is 0. The summed E-state index contributed by atoms with van der Waals surface area (Å²) >= 11 is 4.95. The molecule has 0 aliphatic rings. The lowest BCUT2D eigenvalue weighted by Gasteiger charge is -2.02. The number of benzene rings is 1. The van der Waals surface area contributed by atoms with Crippen molar-refractivity contribution < 1.29 is 0 Å². The molecule has 0 aromatic heterocycles. The van der Waals surface area contributed by atoms with Gasteiger partial charge in [-0.3, -0.25) is 5.43 Å². The Bertz CT molecular complexity index is 410. The quantitative estimate of drug-likeness (QED) is 0.362. The molecule has 4 heteroatoms. The lowest BCUT2D eigenvalue weighted by atomic mass is 10.2. The van der Waals surface area contributed by atoms with Gasteiger partial charge in [0.2, 0.25) is 0 Å². The molecule has 0 radical (unpaired) electrons. The largest absolute Gasteiger partial charge is 0.358 e. The molecule has 0 saturated heterocycles. The third-order valence-electron chi connectivity index (χ3n) is 1.82. The van der Waals surface area contributed by atoms with E-state index in [1.807, 2.05) is 42.5 Å². The van der Waals surface area contributed by atoms with Gasteiger partial charge in [-0.2, -0.15) is 5.10 Å². The summed E-state index contributed by atoms with van der Waals surface area (Å²) in [6, 6.07) is 10.0. The van der Waals surface area contributed by atoms with Crippen molar-refractivity contribution in [2.45, 2.75) is 0 Å². The maximum absolute atomic E-state index is 4.95. The van der Waals surface area contributed by atoms with Gasteiger partial charge in [-0.1, -0.05) is 42.5 Å². The summed E-state index contributed by atoms with van der Waals surface area (Å²) in [7, 11) is 0. The van der Waals surface area contributed by atoms with E-state index >= 15 is 0 Å². The molecule has 0 unspecified atom stereocenters. The van der Waals surface area contributed by atoms with Crippen LogP contribution in [0.2, 0.25) is 0 Å². The predicted molar refractivity (Wildman–Crippen MR) is 77.9 cm³/mol. The first-order chi connectivity index (χ1) is 8.33. The lowest BCUT2D eigenvalue weighted by molar-refractivity contribution is 0.942. The van der Waals surface area contributed by atoms with Crippen molar-refractivity contribution in [3.63, 3.8) is 0 Å². The summed E-state index contributed by atoms with van der Waals surface area (Å²) in [6.45, 7) is 4.20. The van der Waals surface area contributed by atoms with E-state index in [1.165, 1.54) is 0 Å². The molecule has 1 aromatic rings. The minimum absolute atomic E-state index is 0.481. The third-order valence-corrected chi connectivity index (χ3v) is 2.06. The van der Waals surface area contributed by atoms with E-state index < -0.39 is 0 Å². The van der Waals surface area contributed by atoms with Crippen molar-refractivity contribution in [2.24, 2.45) is 5.10 Å². The Morgan fingerprint density at radius 2 is 2.12 bits per heavy atom. The second-order valence-electron chi connectivity index (χ2n) is 3.16. The van der Waals surface area contributed by atoms with Crippen LogP contribution in [-0.4, -0.2) is 17.9 Å². The highest BCUT2D eigenvalue weighted by Gasteiger charge is 1.86. The Balaban J connectivity index is 2.28.